The van der Waals surface area contributed by atoms with Crippen LogP contribution >= 0.6 is 11.3 Å². The van der Waals surface area contributed by atoms with Crippen LogP contribution in [0.4, 0.5) is 0 Å². The van der Waals surface area contributed by atoms with E-state index in [9.17, 15) is 4.79 Å². The fraction of sp³-hybridized carbons (Fsp3) is 0.455. The molecule has 1 aromatic heterocycles. The average molecular weight is 240 g/mol. The molecule has 4 nitrogen and oxygen atoms in total. The lowest BCUT2D eigenvalue weighted by molar-refractivity contribution is -0.138. The lowest BCUT2D eigenvalue weighted by atomic mass is 10.4. The van der Waals surface area contributed by atoms with Crippen LogP contribution in [0, 0.1) is 13.8 Å². The van der Waals surface area contributed by atoms with E-state index in [4.69, 9.17) is 5.11 Å². The van der Waals surface area contributed by atoms with Gasteiger partial charge in [0.15, 0.2) is 0 Å². The van der Waals surface area contributed by atoms with Gasteiger partial charge in [-0.3, -0.25) is 9.69 Å². The van der Waals surface area contributed by atoms with Gasteiger partial charge >= 0.3 is 5.97 Å². The van der Waals surface area contributed by atoms with E-state index in [1.807, 2.05) is 13.8 Å². The molecule has 0 unspecified atom stereocenters. The molecular formula is C11H16N2O2S. The number of rotatable bonds is 6. The van der Waals surface area contributed by atoms with Gasteiger partial charge in [0.05, 0.1) is 18.8 Å². The van der Waals surface area contributed by atoms with Crippen LogP contribution in [0.2, 0.25) is 0 Å². The van der Waals surface area contributed by atoms with Crippen molar-refractivity contribution in [2.75, 3.05) is 13.1 Å². The van der Waals surface area contributed by atoms with E-state index in [0.717, 1.165) is 10.7 Å². The van der Waals surface area contributed by atoms with Gasteiger partial charge in [-0.1, -0.05) is 6.08 Å². The molecule has 16 heavy (non-hydrogen) atoms. The second-order valence-electron chi connectivity index (χ2n) is 3.60. The van der Waals surface area contributed by atoms with Crippen molar-refractivity contribution in [3.05, 3.63) is 28.2 Å². The molecule has 0 aliphatic rings. The van der Waals surface area contributed by atoms with Crippen LogP contribution in [0.25, 0.3) is 0 Å². The van der Waals surface area contributed by atoms with E-state index in [1.54, 1.807) is 22.3 Å². The van der Waals surface area contributed by atoms with Crippen LogP contribution in [0.3, 0.4) is 0 Å². The Bertz CT molecular complexity index is 368. The highest BCUT2D eigenvalue weighted by Gasteiger charge is 2.11. The van der Waals surface area contributed by atoms with E-state index in [1.165, 1.54) is 4.88 Å². The summed E-state index contributed by atoms with van der Waals surface area (Å²) in [5.74, 6) is -0.827. The molecule has 0 bridgehead atoms. The standard InChI is InChI=1S/C11H16N2O2S/c1-4-5-13(7-11(14)15)6-10-12-8(2)9(3)16-10/h4H,1,5-7H2,2-3H3,(H,14,15). The summed E-state index contributed by atoms with van der Waals surface area (Å²) in [4.78, 5) is 18.0. The molecule has 1 heterocycles. The Labute approximate surface area is 99.2 Å². The predicted molar refractivity (Wildman–Crippen MR) is 64.7 cm³/mol. The molecule has 5 heteroatoms. The van der Waals surface area contributed by atoms with Crippen molar-refractivity contribution < 1.29 is 9.90 Å². The number of carboxylic acid groups (broad SMARTS) is 1. The third-order valence-electron chi connectivity index (χ3n) is 2.18. The van der Waals surface area contributed by atoms with Crippen molar-refractivity contribution in [2.24, 2.45) is 0 Å². The predicted octanol–water partition coefficient (Wildman–Crippen LogP) is 1.83. The molecule has 1 rings (SSSR count). The zero-order chi connectivity index (χ0) is 12.1. The van der Waals surface area contributed by atoms with E-state index in [2.05, 4.69) is 11.6 Å². The molecule has 1 aromatic rings. The summed E-state index contributed by atoms with van der Waals surface area (Å²) in [6.07, 6.45) is 1.70. The van der Waals surface area contributed by atoms with Crippen LogP contribution < -0.4 is 0 Å². The number of hydrogen-bond donors (Lipinski definition) is 1. The average Bonchev–Trinajstić information content (AvgIpc) is 2.45. The minimum absolute atomic E-state index is 0.0176. The monoisotopic (exact) mass is 240 g/mol. The van der Waals surface area contributed by atoms with Crippen molar-refractivity contribution >= 4 is 17.3 Å². The lowest BCUT2D eigenvalue weighted by Crippen LogP contribution is -2.29. The van der Waals surface area contributed by atoms with Gasteiger partial charge in [0.2, 0.25) is 0 Å². The number of carbonyl (C=O) groups is 1. The first-order chi connectivity index (χ1) is 7.52. The summed E-state index contributed by atoms with van der Waals surface area (Å²) in [5.41, 5.74) is 1.02. The summed E-state index contributed by atoms with van der Waals surface area (Å²) < 4.78 is 0. The van der Waals surface area contributed by atoms with Gasteiger partial charge in [-0.15, -0.1) is 17.9 Å². The van der Waals surface area contributed by atoms with Crippen molar-refractivity contribution in [1.82, 2.24) is 9.88 Å². The molecule has 0 saturated carbocycles. The van der Waals surface area contributed by atoms with Crippen LogP contribution in [0.15, 0.2) is 12.7 Å². The number of carboxylic acids is 1. The number of thiazole rings is 1. The summed E-state index contributed by atoms with van der Waals surface area (Å²) >= 11 is 1.62. The molecule has 0 radical (unpaired) electrons. The van der Waals surface area contributed by atoms with Crippen molar-refractivity contribution in [1.29, 1.82) is 0 Å². The van der Waals surface area contributed by atoms with E-state index in [-0.39, 0.29) is 6.54 Å². The van der Waals surface area contributed by atoms with Crippen LogP contribution in [0.1, 0.15) is 15.6 Å². The molecule has 0 aliphatic carbocycles. The summed E-state index contributed by atoms with van der Waals surface area (Å²) in [7, 11) is 0. The number of nitrogens with zero attached hydrogens (tertiary/aromatic N) is 2. The lowest BCUT2D eigenvalue weighted by Gasteiger charge is -2.16. The molecule has 0 fully saturated rings. The Balaban J connectivity index is 2.66. The Hall–Kier alpha value is -1.20. The first-order valence-electron chi connectivity index (χ1n) is 5.01. The second-order valence-corrected chi connectivity index (χ2v) is 4.89. The van der Waals surface area contributed by atoms with Gasteiger partial charge in [-0.2, -0.15) is 0 Å². The number of aliphatic carboxylic acids is 1. The Kier molecular flexibility index (Phi) is 4.64. The zero-order valence-electron chi connectivity index (χ0n) is 9.56. The van der Waals surface area contributed by atoms with Crippen molar-refractivity contribution in [3.63, 3.8) is 0 Å². The van der Waals surface area contributed by atoms with Crippen LogP contribution in [0.5, 0.6) is 0 Å². The maximum absolute atomic E-state index is 10.7. The van der Waals surface area contributed by atoms with Crippen LogP contribution in [-0.2, 0) is 11.3 Å². The highest BCUT2D eigenvalue weighted by Crippen LogP contribution is 2.17. The second kappa shape index (κ2) is 5.77. The fourth-order valence-electron chi connectivity index (χ4n) is 1.36. The van der Waals surface area contributed by atoms with Gasteiger partial charge < -0.3 is 5.11 Å². The quantitative estimate of drug-likeness (QED) is 0.771. The van der Waals surface area contributed by atoms with Crippen LogP contribution in [-0.4, -0.2) is 34.0 Å². The van der Waals surface area contributed by atoms with E-state index < -0.39 is 5.97 Å². The van der Waals surface area contributed by atoms with E-state index in [0.29, 0.717) is 13.1 Å². The highest BCUT2D eigenvalue weighted by molar-refractivity contribution is 7.11. The molecule has 0 atom stereocenters. The molecule has 0 spiro atoms. The number of hydrogen-bond acceptors (Lipinski definition) is 4. The fourth-order valence-corrected chi connectivity index (χ4v) is 2.33. The zero-order valence-corrected chi connectivity index (χ0v) is 10.4. The topological polar surface area (TPSA) is 53.4 Å². The van der Waals surface area contributed by atoms with E-state index >= 15 is 0 Å². The third-order valence-corrected chi connectivity index (χ3v) is 3.24. The summed E-state index contributed by atoms with van der Waals surface area (Å²) in [6.45, 7) is 8.75. The van der Waals surface area contributed by atoms with Gasteiger partial charge in [0.1, 0.15) is 5.01 Å². The van der Waals surface area contributed by atoms with Crippen molar-refractivity contribution in [2.45, 2.75) is 20.4 Å². The molecule has 0 aromatic carbocycles. The highest BCUT2D eigenvalue weighted by atomic mass is 32.1. The van der Waals surface area contributed by atoms with Gasteiger partial charge in [-0.25, -0.2) is 4.98 Å². The Morgan fingerprint density at radius 1 is 1.62 bits per heavy atom. The number of aromatic nitrogens is 1. The smallest absolute Gasteiger partial charge is 0.317 e. The minimum Gasteiger partial charge on any atom is -0.480 e. The molecular weight excluding hydrogens is 224 g/mol. The molecule has 0 amide bonds. The largest absolute Gasteiger partial charge is 0.480 e. The Morgan fingerprint density at radius 2 is 2.31 bits per heavy atom. The minimum atomic E-state index is -0.827. The molecule has 0 aliphatic heterocycles. The first kappa shape index (κ1) is 12.9. The summed E-state index contributed by atoms with van der Waals surface area (Å²) in [5, 5.41) is 9.71. The SMILES string of the molecule is C=CCN(CC(=O)O)Cc1nc(C)c(C)s1. The number of aryl methyl sites for hydroxylation is 2. The maximum atomic E-state index is 10.7. The van der Waals surface area contributed by atoms with Gasteiger partial charge in [0.25, 0.3) is 0 Å². The van der Waals surface area contributed by atoms with Gasteiger partial charge in [0, 0.05) is 11.4 Å². The van der Waals surface area contributed by atoms with Gasteiger partial charge in [-0.05, 0) is 13.8 Å². The van der Waals surface area contributed by atoms with Crippen molar-refractivity contribution in [3.8, 4) is 0 Å². The first-order valence-corrected chi connectivity index (χ1v) is 5.82. The molecule has 1 N–H and O–H groups in total. The molecule has 88 valence electrons. The third kappa shape index (κ3) is 3.75. The normalized spacial score (nSPS) is 10.7. The Morgan fingerprint density at radius 3 is 2.75 bits per heavy atom. The molecule has 0 saturated heterocycles. The maximum Gasteiger partial charge on any atom is 0.317 e. The summed E-state index contributed by atoms with van der Waals surface area (Å²) in [6, 6.07) is 0.